The average molecular weight is 291 g/mol. The molecule has 1 nitrogen and oxygen atoms in total. The number of allylic oxidation sites excluding steroid dienone is 2. The van der Waals surface area contributed by atoms with Crippen LogP contribution in [0.4, 0.5) is 0 Å². The second-order valence-corrected chi connectivity index (χ2v) is 12.3. The van der Waals surface area contributed by atoms with Gasteiger partial charge in [-0.3, -0.25) is 0 Å². The van der Waals surface area contributed by atoms with Gasteiger partial charge in [-0.25, -0.2) is 0 Å². The van der Waals surface area contributed by atoms with E-state index in [9.17, 15) is 0 Å². The standard InChI is InChI=1S/C18H30OSi/c1-7-9-14(2)15-11-12-16-17(19-20(4,5)6)10-8-13-18(15,16)3/h1,11,14,16-17H,8-10,12-13H2,2-6H3/t14-,16-,17-,18+/m0/s1. The molecule has 1 fully saturated rings. The Hall–Kier alpha value is -0.523. The zero-order valence-electron chi connectivity index (χ0n) is 13.8. The molecule has 2 aliphatic carbocycles. The first-order chi connectivity index (χ1) is 9.28. The summed E-state index contributed by atoms with van der Waals surface area (Å²) in [5.41, 5.74) is 1.95. The van der Waals surface area contributed by atoms with Gasteiger partial charge in [0.2, 0.25) is 0 Å². The molecule has 2 heteroatoms. The fourth-order valence-corrected chi connectivity index (χ4v) is 5.56. The third-order valence-corrected chi connectivity index (χ3v) is 6.17. The summed E-state index contributed by atoms with van der Waals surface area (Å²) in [6, 6.07) is 0. The Bertz CT molecular complexity index is 426. The van der Waals surface area contributed by atoms with E-state index in [-0.39, 0.29) is 0 Å². The van der Waals surface area contributed by atoms with Gasteiger partial charge in [-0.2, -0.15) is 0 Å². The van der Waals surface area contributed by atoms with Crippen LogP contribution in [0.5, 0.6) is 0 Å². The molecule has 2 aliphatic rings. The van der Waals surface area contributed by atoms with Gasteiger partial charge in [0.1, 0.15) is 0 Å². The van der Waals surface area contributed by atoms with Crippen LogP contribution in [0, 0.1) is 29.6 Å². The Labute approximate surface area is 126 Å². The lowest BCUT2D eigenvalue weighted by Gasteiger charge is -2.46. The van der Waals surface area contributed by atoms with E-state index in [1.165, 1.54) is 25.7 Å². The zero-order chi connectivity index (χ0) is 15.0. The molecule has 2 rings (SSSR count). The molecule has 0 aromatic carbocycles. The lowest BCUT2D eigenvalue weighted by molar-refractivity contribution is 0.0203. The van der Waals surface area contributed by atoms with E-state index in [4.69, 9.17) is 10.8 Å². The Morgan fingerprint density at radius 3 is 2.80 bits per heavy atom. The Balaban J connectivity index is 2.16. The van der Waals surface area contributed by atoms with Gasteiger partial charge in [0, 0.05) is 12.5 Å². The second-order valence-electron chi connectivity index (χ2n) is 7.89. The van der Waals surface area contributed by atoms with Crippen LogP contribution in [0.1, 0.15) is 46.0 Å². The van der Waals surface area contributed by atoms with Gasteiger partial charge in [-0.1, -0.05) is 31.9 Å². The lowest BCUT2D eigenvalue weighted by Crippen LogP contribution is -2.45. The summed E-state index contributed by atoms with van der Waals surface area (Å²) in [5.74, 6) is 4.05. The number of rotatable bonds is 4. The van der Waals surface area contributed by atoms with Gasteiger partial charge < -0.3 is 4.43 Å². The molecular formula is C18H30OSi. The van der Waals surface area contributed by atoms with E-state index in [1.807, 2.05) is 0 Å². The van der Waals surface area contributed by atoms with Crippen LogP contribution >= 0.6 is 0 Å². The number of fused-ring (bicyclic) bond motifs is 1. The molecule has 112 valence electrons. The topological polar surface area (TPSA) is 9.23 Å². The predicted molar refractivity (Wildman–Crippen MR) is 89.0 cm³/mol. The highest BCUT2D eigenvalue weighted by atomic mass is 28.4. The highest BCUT2D eigenvalue weighted by Gasteiger charge is 2.49. The molecule has 0 unspecified atom stereocenters. The smallest absolute Gasteiger partial charge is 0.184 e. The summed E-state index contributed by atoms with van der Waals surface area (Å²) in [6.45, 7) is 11.7. The van der Waals surface area contributed by atoms with E-state index < -0.39 is 8.32 Å². The largest absolute Gasteiger partial charge is 0.414 e. The second kappa shape index (κ2) is 5.70. The van der Waals surface area contributed by atoms with E-state index >= 15 is 0 Å². The van der Waals surface area contributed by atoms with Crippen molar-refractivity contribution in [1.82, 2.24) is 0 Å². The van der Waals surface area contributed by atoms with Crippen molar-refractivity contribution < 1.29 is 4.43 Å². The van der Waals surface area contributed by atoms with Crippen LogP contribution in [-0.2, 0) is 4.43 Å². The summed E-state index contributed by atoms with van der Waals surface area (Å²) in [5, 5.41) is 0. The summed E-state index contributed by atoms with van der Waals surface area (Å²) < 4.78 is 6.51. The summed E-state index contributed by atoms with van der Waals surface area (Å²) in [6.07, 6.45) is 14.4. The first kappa shape index (κ1) is 15.9. The van der Waals surface area contributed by atoms with E-state index in [1.54, 1.807) is 5.57 Å². The maximum absolute atomic E-state index is 6.51. The number of terminal acetylenes is 1. The fourth-order valence-electron chi connectivity index (χ4n) is 4.37. The van der Waals surface area contributed by atoms with Crippen molar-refractivity contribution in [2.75, 3.05) is 0 Å². The minimum Gasteiger partial charge on any atom is -0.414 e. The van der Waals surface area contributed by atoms with Gasteiger partial charge in [-0.15, -0.1) is 12.3 Å². The molecule has 0 amide bonds. The third kappa shape index (κ3) is 3.04. The number of hydrogen-bond acceptors (Lipinski definition) is 1. The fraction of sp³-hybridized carbons (Fsp3) is 0.778. The maximum atomic E-state index is 6.51. The molecule has 0 bridgehead atoms. The van der Waals surface area contributed by atoms with Gasteiger partial charge >= 0.3 is 0 Å². The van der Waals surface area contributed by atoms with Gasteiger partial charge in [-0.05, 0) is 56.2 Å². The monoisotopic (exact) mass is 290 g/mol. The van der Waals surface area contributed by atoms with Crippen LogP contribution in [0.2, 0.25) is 19.6 Å². The third-order valence-electron chi connectivity index (χ3n) is 5.16. The molecule has 0 N–H and O–H groups in total. The molecule has 0 aromatic heterocycles. The summed E-state index contributed by atoms with van der Waals surface area (Å²) in [7, 11) is -1.46. The van der Waals surface area contributed by atoms with Gasteiger partial charge in [0.15, 0.2) is 8.32 Å². The molecule has 0 spiro atoms. The molecular weight excluding hydrogens is 260 g/mol. The average Bonchev–Trinajstić information content (AvgIpc) is 2.65. The summed E-state index contributed by atoms with van der Waals surface area (Å²) in [4.78, 5) is 0. The van der Waals surface area contributed by atoms with E-state index in [0.717, 1.165) is 6.42 Å². The van der Waals surface area contributed by atoms with Gasteiger partial charge in [0.25, 0.3) is 0 Å². The normalized spacial score (nSPS) is 35.1. The van der Waals surface area contributed by atoms with Crippen molar-refractivity contribution >= 4 is 8.32 Å². The van der Waals surface area contributed by atoms with Crippen molar-refractivity contribution in [3.05, 3.63) is 11.6 Å². The molecule has 0 aromatic rings. The predicted octanol–water partition coefficient (Wildman–Crippen LogP) is 5.00. The van der Waals surface area contributed by atoms with E-state index in [2.05, 4.69) is 45.5 Å². The minimum absolute atomic E-state index is 0.332. The van der Waals surface area contributed by atoms with Crippen LogP contribution in [-0.4, -0.2) is 14.4 Å². The Morgan fingerprint density at radius 2 is 2.20 bits per heavy atom. The lowest BCUT2D eigenvalue weighted by atomic mass is 9.63. The van der Waals surface area contributed by atoms with Crippen LogP contribution in [0.25, 0.3) is 0 Å². The molecule has 0 heterocycles. The van der Waals surface area contributed by atoms with Crippen molar-refractivity contribution in [2.24, 2.45) is 17.3 Å². The first-order valence-corrected chi connectivity index (χ1v) is 11.5. The highest BCUT2D eigenvalue weighted by Crippen LogP contribution is 2.55. The molecule has 0 saturated heterocycles. The highest BCUT2D eigenvalue weighted by molar-refractivity contribution is 6.69. The quantitative estimate of drug-likeness (QED) is 0.402. The SMILES string of the molecule is C#CC[C@H](C)C1=CC[C@H]2[C@@H](O[Si](C)(C)C)CCC[C@]12C. The molecule has 0 aliphatic heterocycles. The van der Waals surface area contributed by atoms with Crippen LogP contribution < -0.4 is 0 Å². The Morgan fingerprint density at radius 1 is 1.50 bits per heavy atom. The van der Waals surface area contributed by atoms with Crippen molar-refractivity contribution in [1.29, 1.82) is 0 Å². The van der Waals surface area contributed by atoms with Crippen molar-refractivity contribution in [2.45, 2.75) is 71.7 Å². The Kier molecular flexibility index (Phi) is 4.52. The van der Waals surface area contributed by atoms with Crippen molar-refractivity contribution in [3.8, 4) is 12.3 Å². The van der Waals surface area contributed by atoms with Crippen molar-refractivity contribution in [3.63, 3.8) is 0 Å². The minimum atomic E-state index is -1.46. The molecule has 1 saturated carbocycles. The van der Waals surface area contributed by atoms with Crippen LogP contribution in [0.3, 0.4) is 0 Å². The van der Waals surface area contributed by atoms with E-state index in [0.29, 0.717) is 23.4 Å². The maximum Gasteiger partial charge on any atom is 0.184 e. The molecule has 20 heavy (non-hydrogen) atoms. The number of hydrogen-bond donors (Lipinski definition) is 0. The van der Waals surface area contributed by atoms with Gasteiger partial charge in [0.05, 0.1) is 0 Å². The van der Waals surface area contributed by atoms with Crippen LogP contribution in [0.15, 0.2) is 11.6 Å². The molecule has 4 atom stereocenters. The zero-order valence-corrected chi connectivity index (χ0v) is 14.8. The summed E-state index contributed by atoms with van der Waals surface area (Å²) >= 11 is 0. The molecule has 0 radical (unpaired) electrons. The first-order valence-electron chi connectivity index (χ1n) is 8.10.